The third-order valence-corrected chi connectivity index (χ3v) is 5.90. The Bertz CT molecular complexity index is 1470. The fraction of sp³-hybridized carbons (Fsp3) is 0.238. The summed E-state index contributed by atoms with van der Waals surface area (Å²) in [7, 11) is -4.01. The molecule has 9 nitrogen and oxygen atoms in total. The quantitative estimate of drug-likeness (QED) is 0.318. The Labute approximate surface area is 178 Å². The maximum absolute atomic E-state index is 11.1. The Hall–Kier alpha value is -3.37. The number of rotatable bonds is 4. The maximum atomic E-state index is 11.1. The first-order chi connectivity index (χ1) is 14.8. The second-order valence-electron chi connectivity index (χ2n) is 7.53. The number of nitrogens with one attached hydrogen (secondary N) is 1. The number of anilines is 2. The SMILES string of the molecule is Cc1cnc2c3c(c4ncc(C)nc4c2n1)Oc1c(CCCS(=O)(=O)O)cccc1N3. The van der Waals surface area contributed by atoms with Gasteiger partial charge in [-0.15, -0.1) is 0 Å². The highest BCUT2D eigenvalue weighted by atomic mass is 32.2. The highest BCUT2D eigenvalue weighted by Gasteiger charge is 2.27. The van der Waals surface area contributed by atoms with Gasteiger partial charge in [0, 0.05) is 12.4 Å². The summed E-state index contributed by atoms with van der Waals surface area (Å²) in [6, 6.07) is 5.62. The predicted octanol–water partition coefficient (Wildman–Crippen LogP) is 3.86. The van der Waals surface area contributed by atoms with Crippen molar-refractivity contribution in [2.45, 2.75) is 26.7 Å². The maximum Gasteiger partial charge on any atom is 0.264 e. The minimum absolute atomic E-state index is 0.272. The van der Waals surface area contributed by atoms with Crippen LogP contribution >= 0.6 is 0 Å². The third kappa shape index (κ3) is 3.53. The van der Waals surface area contributed by atoms with Crippen LogP contribution < -0.4 is 10.1 Å². The second-order valence-corrected chi connectivity index (χ2v) is 9.10. The van der Waals surface area contributed by atoms with E-state index in [1.807, 2.05) is 32.0 Å². The molecule has 3 heterocycles. The molecule has 0 aliphatic carbocycles. The lowest BCUT2D eigenvalue weighted by atomic mass is 10.1. The van der Waals surface area contributed by atoms with E-state index >= 15 is 0 Å². The summed E-state index contributed by atoms with van der Waals surface area (Å²) < 4.78 is 37.5. The van der Waals surface area contributed by atoms with E-state index in [4.69, 9.17) is 9.29 Å². The molecule has 2 N–H and O–H groups in total. The molecule has 0 amide bonds. The fourth-order valence-corrected chi connectivity index (χ4v) is 4.27. The van der Waals surface area contributed by atoms with Crippen LogP contribution in [0.15, 0.2) is 30.6 Å². The first-order valence-electron chi connectivity index (χ1n) is 9.75. The normalized spacial score (nSPS) is 12.9. The zero-order valence-electron chi connectivity index (χ0n) is 16.9. The van der Waals surface area contributed by atoms with Crippen LogP contribution in [0.5, 0.6) is 11.5 Å². The van der Waals surface area contributed by atoms with Gasteiger partial charge >= 0.3 is 0 Å². The van der Waals surface area contributed by atoms with Crippen LogP contribution in [0.4, 0.5) is 11.4 Å². The van der Waals surface area contributed by atoms with Crippen molar-refractivity contribution in [3.63, 3.8) is 0 Å². The summed E-state index contributed by atoms with van der Waals surface area (Å²) >= 11 is 0. The van der Waals surface area contributed by atoms with Crippen molar-refractivity contribution in [2.75, 3.05) is 11.1 Å². The molecule has 2 aromatic heterocycles. The number of aryl methyl sites for hydroxylation is 3. The van der Waals surface area contributed by atoms with Gasteiger partial charge < -0.3 is 10.1 Å². The minimum Gasteiger partial charge on any atom is -0.450 e. The molecule has 0 radical (unpaired) electrons. The molecule has 1 aliphatic heterocycles. The van der Waals surface area contributed by atoms with Crippen molar-refractivity contribution in [2.24, 2.45) is 0 Å². The molecule has 0 fully saturated rings. The highest BCUT2D eigenvalue weighted by molar-refractivity contribution is 7.85. The van der Waals surface area contributed by atoms with Gasteiger partial charge in [0.05, 0.1) is 22.8 Å². The Morgan fingerprint density at radius 2 is 1.65 bits per heavy atom. The summed E-state index contributed by atoms with van der Waals surface area (Å²) in [5.74, 6) is 0.782. The first kappa shape index (κ1) is 19.6. The van der Waals surface area contributed by atoms with Crippen LogP contribution in [0, 0.1) is 13.8 Å². The largest absolute Gasteiger partial charge is 0.450 e. The average molecular weight is 437 g/mol. The number of hydrogen-bond donors (Lipinski definition) is 2. The van der Waals surface area contributed by atoms with Gasteiger partial charge in [0.25, 0.3) is 10.1 Å². The number of para-hydroxylation sites is 1. The monoisotopic (exact) mass is 437 g/mol. The van der Waals surface area contributed by atoms with Crippen molar-refractivity contribution in [1.82, 2.24) is 19.9 Å². The molecular formula is C21H19N5O4S. The zero-order valence-corrected chi connectivity index (χ0v) is 17.7. The number of nitrogens with zero attached hydrogens (tertiary/aromatic N) is 4. The van der Waals surface area contributed by atoms with Gasteiger partial charge in [0.1, 0.15) is 27.8 Å². The van der Waals surface area contributed by atoms with Crippen molar-refractivity contribution in [3.8, 4) is 11.5 Å². The number of benzene rings is 2. The van der Waals surface area contributed by atoms with Crippen LogP contribution in [-0.4, -0.2) is 38.7 Å². The van der Waals surface area contributed by atoms with E-state index in [1.165, 1.54) is 0 Å². The summed E-state index contributed by atoms with van der Waals surface area (Å²) in [5.41, 5.74) is 6.21. The van der Waals surface area contributed by atoms with Crippen molar-refractivity contribution < 1.29 is 17.7 Å². The molecular weight excluding hydrogens is 418 g/mol. The third-order valence-electron chi connectivity index (χ3n) is 5.10. The Balaban J connectivity index is 1.66. The minimum atomic E-state index is -4.01. The van der Waals surface area contributed by atoms with Gasteiger partial charge in [-0.25, -0.2) is 15.0 Å². The summed E-state index contributed by atoms with van der Waals surface area (Å²) in [5, 5.41) is 3.39. The smallest absolute Gasteiger partial charge is 0.264 e. The van der Waals surface area contributed by atoms with E-state index < -0.39 is 10.1 Å². The number of ether oxygens (including phenoxy) is 1. The van der Waals surface area contributed by atoms with E-state index in [2.05, 4.69) is 25.3 Å². The second kappa shape index (κ2) is 7.10. The number of hydrogen-bond acceptors (Lipinski definition) is 8. The molecule has 0 saturated heterocycles. The standard InChI is InChI=1S/C21H19N5O4S/c1-11-9-22-15-16(24-11)17-18(23-10-12(2)25-17)21-19(15)26-14-7-3-5-13(20(14)30-21)6-4-8-31(27,28)29/h3,5,7,9-10,26H,4,6,8H2,1-2H3,(H,27,28,29). The molecule has 2 aromatic carbocycles. The Kier molecular flexibility index (Phi) is 4.49. The summed E-state index contributed by atoms with van der Waals surface area (Å²) in [4.78, 5) is 18.4. The Morgan fingerprint density at radius 3 is 2.35 bits per heavy atom. The summed E-state index contributed by atoms with van der Waals surface area (Å²) in [6.45, 7) is 3.74. The molecule has 10 heteroatoms. The molecule has 0 atom stereocenters. The van der Waals surface area contributed by atoms with E-state index in [0.29, 0.717) is 45.7 Å². The van der Waals surface area contributed by atoms with Crippen LogP contribution in [0.25, 0.3) is 22.1 Å². The van der Waals surface area contributed by atoms with Gasteiger partial charge in [0.2, 0.25) is 0 Å². The summed E-state index contributed by atoms with van der Waals surface area (Å²) in [6.07, 6.45) is 4.07. The average Bonchev–Trinajstić information content (AvgIpc) is 2.72. The molecule has 0 saturated carbocycles. The van der Waals surface area contributed by atoms with Gasteiger partial charge in [0.15, 0.2) is 11.5 Å². The van der Waals surface area contributed by atoms with E-state index in [0.717, 1.165) is 22.6 Å². The van der Waals surface area contributed by atoms with E-state index in [-0.39, 0.29) is 12.2 Å². The molecule has 5 rings (SSSR count). The lowest BCUT2D eigenvalue weighted by molar-refractivity contribution is 0.474. The van der Waals surface area contributed by atoms with Crippen LogP contribution in [0.2, 0.25) is 0 Å². The van der Waals surface area contributed by atoms with E-state index in [9.17, 15) is 8.42 Å². The highest BCUT2D eigenvalue weighted by Crippen LogP contribution is 2.49. The van der Waals surface area contributed by atoms with Crippen LogP contribution in [0.3, 0.4) is 0 Å². The van der Waals surface area contributed by atoms with E-state index in [1.54, 1.807) is 12.4 Å². The van der Waals surface area contributed by atoms with Crippen LogP contribution in [-0.2, 0) is 16.5 Å². The molecule has 4 aromatic rings. The lowest BCUT2D eigenvalue weighted by Gasteiger charge is -2.25. The van der Waals surface area contributed by atoms with Crippen molar-refractivity contribution in [3.05, 3.63) is 47.5 Å². The predicted molar refractivity (Wildman–Crippen MR) is 117 cm³/mol. The molecule has 0 bridgehead atoms. The van der Waals surface area contributed by atoms with Crippen molar-refractivity contribution in [1.29, 1.82) is 0 Å². The van der Waals surface area contributed by atoms with Gasteiger partial charge in [-0.2, -0.15) is 8.42 Å². The molecule has 158 valence electrons. The number of fused-ring (bicyclic) bond motifs is 7. The Morgan fingerprint density at radius 1 is 0.968 bits per heavy atom. The fourth-order valence-electron chi connectivity index (χ4n) is 3.76. The van der Waals surface area contributed by atoms with Crippen molar-refractivity contribution >= 4 is 43.6 Å². The zero-order chi connectivity index (χ0) is 21.8. The molecule has 1 aliphatic rings. The first-order valence-corrected chi connectivity index (χ1v) is 11.4. The molecule has 0 unspecified atom stereocenters. The van der Waals surface area contributed by atoms with Gasteiger partial charge in [-0.1, -0.05) is 12.1 Å². The molecule has 31 heavy (non-hydrogen) atoms. The number of aromatic nitrogens is 4. The molecule has 0 spiro atoms. The van der Waals surface area contributed by atoms with Gasteiger partial charge in [-0.05, 0) is 38.3 Å². The topological polar surface area (TPSA) is 127 Å². The lowest BCUT2D eigenvalue weighted by Crippen LogP contribution is -2.10. The van der Waals surface area contributed by atoms with Gasteiger partial charge in [-0.3, -0.25) is 9.54 Å². The van der Waals surface area contributed by atoms with Crippen LogP contribution in [0.1, 0.15) is 23.4 Å².